The monoisotopic (exact) mass is 282 g/mol. The number of carbonyl (C=O) groups excluding carboxylic acids is 1. The zero-order valence-electron chi connectivity index (χ0n) is 12.6. The molecule has 0 aliphatic carbocycles. The molecule has 0 fully saturated rings. The van der Waals surface area contributed by atoms with E-state index in [-0.39, 0.29) is 5.91 Å². The molecule has 1 amide bonds. The summed E-state index contributed by atoms with van der Waals surface area (Å²) in [6.07, 6.45) is 0.928. The van der Waals surface area contributed by atoms with E-state index in [2.05, 4.69) is 22.8 Å². The van der Waals surface area contributed by atoms with Crippen LogP contribution in [-0.2, 0) is 11.2 Å². The van der Waals surface area contributed by atoms with Gasteiger partial charge in [0.25, 0.3) is 0 Å². The van der Waals surface area contributed by atoms with E-state index in [9.17, 15) is 4.79 Å². The van der Waals surface area contributed by atoms with Crippen molar-refractivity contribution in [3.63, 3.8) is 0 Å². The van der Waals surface area contributed by atoms with Crippen molar-refractivity contribution in [2.45, 2.75) is 20.3 Å². The fourth-order valence-electron chi connectivity index (χ4n) is 2.27. The van der Waals surface area contributed by atoms with Crippen LogP contribution in [0.1, 0.15) is 16.7 Å². The Balaban J connectivity index is 1.75. The predicted molar refractivity (Wildman–Crippen MR) is 87.6 cm³/mol. The topological polar surface area (TPSA) is 41.1 Å². The molecule has 3 heteroatoms. The minimum Gasteiger partial charge on any atom is -0.324 e. The first-order valence-electron chi connectivity index (χ1n) is 7.27. The van der Waals surface area contributed by atoms with Crippen LogP contribution in [0.15, 0.2) is 48.5 Å². The summed E-state index contributed by atoms with van der Waals surface area (Å²) >= 11 is 0. The van der Waals surface area contributed by atoms with Gasteiger partial charge in [0.1, 0.15) is 0 Å². The number of rotatable bonds is 6. The average molecular weight is 282 g/mol. The van der Waals surface area contributed by atoms with Crippen molar-refractivity contribution in [3.8, 4) is 0 Å². The zero-order valence-corrected chi connectivity index (χ0v) is 12.6. The molecule has 2 rings (SSSR count). The van der Waals surface area contributed by atoms with Crippen molar-refractivity contribution in [2.24, 2.45) is 0 Å². The maximum atomic E-state index is 12.0. The van der Waals surface area contributed by atoms with Gasteiger partial charge in [-0.15, -0.1) is 0 Å². The van der Waals surface area contributed by atoms with Crippen LogP contribution in [0.4, 0.5) is 5.69 Å². The fraction of sp³-hybridized carbons (Fsp3) is 0.278. The van der Waals surface area contributed by atoms with E-state index in [1.54, 1.807) is 0 Å². The molecular weight excluding hydrogens is 260 g/mol. The summed E-state index contributed by atoms with van der Waals surface area (Å²) in [4.78, 5) is 12.0. The van der Waals surface area contributed by atoms with Crippen LogP contribution in [0.3, 0.4) is 0 Å². The van der Waals surface area contributed by atoms with Gasteiger partial charge in [-0.3, -0.25) is 4.79 Å². The minimum absolute atomic E-state index is 0.000427. The zero-order chi connectivity index (χ0) is 15.1. The van der Waals surface area contributed by atoms with E-state index < -0.39 is 0 Å². The summed E-state index contributed by atoms with van der Waals surface area (Å²) in [7, 11) is 0. The lowest BCUT2D eigenvalue weighted by Gasteiger charge is -2.11. The molecule has 0 bridgehead atoms. The number of nitrogens with one attached hydrogen (secondary N) is 2. The van der Waals surface area contributed by atoms with Crippen LogP contribution in [-0.4, -0.2) is 19.0 Å². The molecule has 0 aromatic heterocycles. The van der Waals surface area contributed by atoms with E-state index in [4.69, 9.17) is 0 Å². The number of carbonyl (C=O) groups is 1. The first-order valence-corrected chi connectivity index (χ1v) is 7.27. The van der Waals surface area contributed by atoms with Gasteiger partial charge >= 0.3 is 0 Å². The molecule has 0 heterocycles. The molecular formula is C18H22N2O. The number of anilines is 1. The van der Waals surface area contributed by atoms with E-state index in [1.807, 2.05) is 50.2 Å². The SMILES string of the molecule is Cc1cccc(C)c1NC(=O)CNCCc1ccccc1. The van der Waals surface area contributed by atoms with E-state index in [0.717, 1.165) is 29.8 Å². The van der Waals surface area contributed by atoms with Crippen molar-refractivity contribution in [1.82, 2.24) is 5.32 Å². The molecule has 0 aliphatic rings. The third-order valence-electron chi connectivity index (χ3n) is 3.46. The second-order valence-corrected chi connectivity index (χ2v) is 5.23. The molecule has 0 spiro atoms. The van der Waals surface area contributed by atoms with Gasteiger partial charge in [0.2, 0.25) is 5.91 Å². The van der Waals surface area contributed by atoms with Gasteiger partial charge < -0.3 is 10.6 Å². The minimum atomic E-state index is 0.000427. The second-order valence-electron chi connectivity index (χ2n) is 5.23. The summed E-state index contributed by atoms with van der Waals surface area (Å²) in [5.74, 6) is 0.000427. The summed E-state index contributed by atoms with van der Waals surface area (Å²) in [6.45, 7) is 5.14. The molecule has 0 aliphatic heterocycles. The van der Waals surface area contributed by atoms with Gasteiger partial charge in [-0.05, 0) is 43.5 Å². The standard InChI is InChI=1S/C18H22N2O/c1-14-7-6-8-15(2)18(14)20-17(21)13-19-12-11-16-9-4-3-5-10-16/h3-10,19H,11-13H2,1-2H3,(H,20,21). The molecule has 0 saturated carbocycles. The van der Waals surface area contributed by atoms with Crippen LogP contribution in [0, 0.1) is 13.8 Å². The third-order valence-corrected chi connectivity index (χ3v) is 3.46. The smallest absolute Gasteiger partial charge is 0.238 e. The molecule has 0 saturated heterocycles. The Morgan fingerprint density at radius 2 is 1.62 bits per heavy atom. The van der Waals surface area contributed by atoms with E-state index in [1.165, 1.54) is 5.56 Å². The first-order chi connectivity index (χ1) is 10.2. The maximum Gasteiger partial charge on any atom is 0.238 e. The van der Waals surface area contributed by atoms with E-state index in [0.29, 0.717) is 6.54 Å². The van der Waals surface area contributed by atoms with Crippen molar-refractivity contribution >= 4 is 11.6 Å². The van der Waals surface area contributed by atoms with Crippen LogP contribution in [0.5, 0.6) is 0 Å². The van der Waals surface area contributed by atoms with Gasteiger partial charge in [-0.25, -0.2) is 0 Å². The molecule has 21 heavy (non-hydrogen) atoms. The number of para-hydroxylation sites is 1. The van der Waals surface area contributed by atoms with Gasteiger partial charge in [0, 0.05) is 5.69 Å². The number of benzene rings is 2. The molecule has 2 N–H and O–H groups in total. The first kappa shape index (κ1) is 15.3. The lowest BCUT2D eigenvalue weighted by atomic mass is 10.1. The predicted octanol–water partition coefficient (Wildman–Crippen LogP) is 3.07. The Morgan fingerprint density at radius 1 is 0.952 bits per heavy atom. The van der Waals surface area contributed by atoms with Crippen molar-refractivity contribution in [3.05, 3.63) is 65.2 Å². The maximum absolute atomic E-state index is 12.0. The van der Waals surface area contributed by atoms with E-state index >= 15 is 0 Å². The average Bonchev–Trinajstić information content (AvgIpc) is 2.49. The Bertz CT molecular complexity index is 573. The molecule has 0 unspecified atom stereocenters. The lowest BCUT2D eigenvalue weighted by molar-refractivity contribution is -0.115. The molecule has 0 atom stereocenters. The Hall–Kier alpha value is -2.13. The largest absolute Gasteiger partial charge is 0.324 e. The highest BCUT2D eigenvalue weighted by Gasteiger charge is 2.06. The quantitative estimate of drug-likeness (QED) is 0.799. The molecule has 110 valence electrons. The summed E-state index contributed by atoms with van der Waals surface area (Å²) in [6, 6.07) is 16.3. The third kappa shape index (κ3) is 4.72. The van der Waals surface area contributed by atoms with Crippen LogP contribution in [0.2, 0.25) is 0 Å². The summed E-state index contributed by atoms with van der Waals surface area (Å²) in [5.41, 5.74) is 4.38. The van der Waals surface area contributed by atoms with Crippen LogP contribution < -0.4 is 10.6 Å². The normalized spacial score (nSPS) is 10.4. The fourth-order valence-corrected chi connectivity index (χ4v) is 2.27. The van der Waals surface area contributed by atoms with Gasteiger partial charge in [-0.1, -0.05) is 48.5 Å². The highest BCUT2D eigenvalue weighted by Crippen LogP contribution is 2.18. The molecule has 2 aromatic rings. The lowest BCUT2D eigenvalue weighted by Crippen LogP contribution is -2.30. The van der Waals surface area contributed by atoms with Crippen molar-refractivity contribution in [2.75, 3.05) is 18.4 Å². The Kier molecular flexibility index (Phi) is 5.52. The highest BCUT2D eigenvalue weighted by atomic mass is 16.1. The van der Waals surface area contributed by atoms with Crippen molar-refractivity contribution in [1.29, 1.82) is 0 Å². The molecule has 0 radical (unpaired) electrons. The summed E-state index contributed by atoms with van der Waals surface area (Å²) in [5, 5.41) is 6.16. The van der Waals surface area contributed by atoms with Gasteiger partial charge in [0.15, 0.2) is 0 Å². The van der Waals surface area contributed by atoms with Crippen LogP contribution in [0.25, 0.3) is 0 Å². The number of hydrogen-bond acceptors (Lipinski definition) is 2. The number of hydrogen-bond donors (Lipinski definition) is 2. The summed E-state index contributed by atoms with van der Waals surface area (Å²) < 4.78 is 0. The van der Waals surface area contributed by atoms with Gasteiger partial charge in [-0.2, -0.15) is 0 Å². The molecule has 2 aromatic carbocycles. The highest BCUT2D eigenvalue weighted by molar-refractivity contribution is 5.93. The van der Waals surface area contributed by atoms with Gasteiger partial charge in [0.05, 0.1) is 6.54 Å². The number of aryl methyl sites for hydroxylation is 2. The van der Waals surface area contributed by atoms with Crippen LogP contribution >= 0.6 is 0 Å². The Labute approximate surface area is 126 Å². The van der Waals surface area contributed by atoms with Crippen molar-refractivity contribution < 1.29 is 4.79 Å². The number of amides is 1. The second kappa shape index (κ2) is 7.60. The Morgan fingerprint density at radius 3 is 2.29 bits per heavy atom. The molecule has 3 nitrogen and oxygen atoms in total.